The molecule has 0 spiro atoms. The van der Waals surface area contributed by atoms with Gasteiger partial charge in [0.2, 0.25) is 0 Å². The van der Waals surface area contributed by atoms with E-state index in [4.69, 9.17) is 23.4 Å². The Kier molecular flexibility index (Phi) is 5.76. The number of halogens is 2. The fourth-order valence-corrected chi connectivity index (χ4v) is 2.78. The summed E-state index contributed by atoms with van der Waals surface area (Å²) in [5.74, 6) is -0.862. The van der Waals surface area contributed by atoms with Crippen molar-refractivity contribution in [2.45, 2.75) is 33.2 Å². The zero-order valence-corrected chi connectivity index (χ0v) is 16.1. The predicted octanol–water partition coefficient (Wildman–Crippen LogP) is 5.10. The molecule has 0 radical (unpaired) electrons. The van der Waals surface area contributed by atoms with E-state index in [1.807, 2.05) is 19.1 Å². The van der Waals surface area contributed by atoms with E-state index in [1.54, 1.807) is 57.2 Å². The zero-order valence-electron chi connectivity index (χ0n) is 14.6. The van der Waals surface area contributed by atoms with Crippen molar-refractivity contribution in [3.8, 4) is 0 Å². The first-order valence-electron chi connectivity index (χ1n) is 7.78. The van der Waals surface area contributed by atoms with Crippen molar-refractivity contribution in [1.29, 1.82) is 0 Å². The van der Waals surface area contributed by atoms with Gasteiger partial charge < -0.3 is 0 Å². The molecule has 0 atom stereocenters. The van der Waals surface area contributed by atoms with Gasteiger partial charge in [-0.2, -0.15) is 4.53 Å². The average Bonchev–Trinajstić information content (AvgIpc) is 2.54. The molecule has 0 aromatic heterocycles. The van der Waals surface area contributed by atoms with Crippen LogP contribution < -0.4 is 0 Å². The highest BCUT2D eigenvalue weighted by atomic mass is 35.5. The molecule has 2 amide bonds. The molecule has 0 aliphatic heterocycles. The molecule has 6 heteroatoms. The summed E-state index contributed by atoms with van der Waals surface area (Å²) in [5.41, 5.74) is 1.11. The van der Waals surface area contributed by atoms with Crippen LogP contribution in [0.2, 0.25) is 5.02 Å². The molecule has 0 unspecified atom stereocenters. The summed E-state index contributed by atoms with van der Waals surface area (Å²) in [5, 5.41) is 1.76. The molecule has 0 aliphatic carbocycles. The van der Waals surface area contributed by atoms with Crippen LogP contribution in [0.25, 0.3) is 0 Å². The van der Waals surface area contributed by atoms with Crippen LogP contribution in [-0.2, 0) is 0 Å². The summed E-state index contributed by atoms with van der Waals surface area (Å²) >= 11 is 12.2. The lowest BCUT2D eigenvalue weighted by Crippen LogP contribution is -2.54. The highest BCUT2D eigenvalue weighted by Crippen LogP contribution is 2.24. The zero-order chi connectivity index (χ0) is 18.8. The standard InChI is InChI=1S/C19H20Cl2N2O2/c1-13-5-7-15(8-6-13)18(25)23(21)22(19(2,3)4)17(24)14-9-11-16(20)12-10-14/h5-12H,1-4H3. The number of benzene rings is 2. The Balaban J connectivity index is 2.36. The monoisotopic (exact) mass is 378 g/mol. The minimum atomic E-state index is -0.709. The van der Waals surface area contributed by atoms with E-state index in [0.29, 0.717) is 16.1 Å². The van der Waals surface area contributed by atoms with Gasteiger partial charge in [0, 0.05) is 27.9 Å². The molecule has 25 heavy (non-hydrogen) atoms. The lowest BCUT2D eigenvalue weighted by atomic mass is 10.1. The molecular weight excluding hydrogens is 359 g/mol. The Hall–Kier alpha value is -2.04. The number of hydrogen-bond donors (Lipinski definition) is 0. The highest BCUT2D eigenvalue weighted by Gasteiger charge is 2.35. The van der Waals surface area contributed by atoms with E-state index >= 15 is 0 Å². The summed E-state index contributed by atoms with van der Waals surface area (Å²) in [6.45, 7) is 7.34. The van der Waals surface area contributed by atoms with Gasteiger partial charge in [0.1, 0.15) is 0 Å². The number of carbonyl (C=O) groups excluding carboxylic acids is 2. The molecular formula is C19H20Cl2N2O2. The van der Waals surface area contributed by atoms with Crippen LogP contribution in [-0.4, -0.2) is 26.9 Å². The molecule has 0 saturated heterocycles. The first kappa shape index (κ1) is 19.3. The maximum atomic E-state index is 12.9. The summed E-state index contributed by atoms with van der Waals surface area (Å²) in [4.78, 5) is 25.7. The number of aryl methyl sites for hydroxylation is 1. The van der Waals surface area contributed by atoms with E-state index in [-0.39, 0.29) is 5.91 Å². The molecule has 0 N–H and O–H groups in total. The van der Waals surface area contributed by atoms with Crippen LogP contribution in [0.1, 0.15) is 47.1 Å². The second kappa shape index (κ2) is 7.46. The van der Waals surface area contributed by atoms with E-state index in [0.717, 1.165) is 10.1 Å². The number of hydrazine groups is 1. The van der Waals surface area contributed by atoms with Crippen molar-refractivity contribution >= 4 is 35.2 Å². The largest absolute Gasteiger partial charge is 0.287 e. The first-order chi connectivity index (χ1) is 11.6. The molecule has 0 saturated carbocycles. The Morgan fingerprint density at radius 1 is 0.840 bits per heavy atom. The fourth-order valence-electron chi connectivity index (χ4n) is 2.26. The van der Waals surface area contributed by atoms with E-state index in [9.17, 15) is 9.59 Å². The Bertz CT molecular complexity index is 766. The average molecular weight is 379 g/mol. The van der Waals surface area contributed by atoms with E-state index in [2.05, 4.69) is 0 Å². The van der Waals surface area contributed by atoms with Crippen molar-refractivity contribution in [2.24, 2.45) is 0 Å². The Morgan fingerprint density at radius 2 is 1.28 bits per heavy atom. The summed E-state index contributed by atoms with van der Waals surface area (Å²) in [7, 11) is 0. The van der Waals surface area contributed by atoms with Crippen molar-refractivity contribution in [3.05, 3.63) is 70.2 Å². The second-order valence-corrected chi connectivity index (χ2v) is 7.48. The highest BCUT2D eigenvalue weighted by molar-refractivity contribution is 6.30. The number of nitrogens with zero attached hydrogens (tertiary/aromatic N) is 2. The topological polar surface area (TPSA) is 40.6 Å². The van der Waals surface area contributed by atoms with Crippen LogP contribution in [0.15, 0.2) is 48.5 Å². The van der Waals surface area contributed by atoms with Gasteiger partial charge in [-0.25, -0.2) is 5.01 Å². The summed E-state index contributed by atoms with van der Waals surface area (Å²) in [6.07, 6.45) is 0. The second-order valence-electron chi connectivity index (χ2n) is 6.73. The molecule has 2 aromatic rings. The van der Waals surface area contributed by atoms with Crippen LogP contribution in [0.4, 0.5) is 0 Å². The Morgan fingerprint density at radius 3 is 1.76 bits per heavy atom. The molecule has 2 aromatic carbocycles. The van der Waals surface area contributed by atoms with Crippen molar-refractivity contribution in [3.63, 3.8) is 0 Å². The first-order valence-corrected chi connectivity index (χ1v) is 8.50. The molecule has 2 rings (SSSR count). The van der Waals surface area contributed by atoms with Gasteiger partial charge in [0.25, 0.3) is 11.8 Å². The van der Waals surface area contributed by atoms with Crippen LogP contribution in [0.5, 0.6) is 0 Å². The van der Waals surface area contributed by atoms with Gasteiger partial charge in [0.05, 0.1) is 5.54 Å². The minimum absolute atomic E-state index is 0.389. The molecule has 0 bridgehead atoms. The number of carbonyl (C=O) groups is 2. The van der Waals surface area contributed by atoms with Gasteiger partial charge in [0.15, 0.2) is 0 Å². The minimum Gasteiger partial charge on any atom is -0.267 e. The lowest BCUT2D eigenvalue weighted by Gasteiger charge is -2.39. The molecule has 132 valence electrons. The maximum absolute atomic E-state index is 12.9. The summed E-state index contributed by atoms with van der Waals surface area (Å²) in [6, 6.07) is 13.4. The Labute approximate surface area is 158 Å². The third-order valence-electron chi connectivity index (χ3n) is 3.56. The van der Waals surface area contributed by atoms with Crippen molar-refractivity contribution in [2.75, 3.05) is 0 Å². The summed E-state index contributed by atoms with van der Waals surface area (Å²) < 4.78 is 0.849. The number of rotatable bonds is 2. The molecule has 4 nitrogen and oxygen atoms in total. The number of amides is 2. The van der Waals surface area contributed by atoms with E-state index < -0.39 is 11.4 Å². The molecule has 0 heterocycles. The van der Waals surface area contributed by atoms with Crippen molar-refractivity contribution < 1.29 is 9.59 Å². The SMILES string of the molecule is Cc1ccc(C(=O)N(Cl)N(C(=O)c2ccc(Cl)cc2)C(C)(C)C)cc1. The van der Waals surface area contributed by atoms with Gasteiger partial charge in [-0.3, -0.25) is 9.59 Å². The van der Waals surface area contributed by atoms with Gasteiger partial charge in [-0.15, -0.1) is 0 Å². The number of hydrogen-bond acceptors (Lipinski definition) is 2. The van der Waals surface area contributed by atoms with Crippen LogP contribution >= 0.6 is 23.4 Å². The molecule has 0 aliphatic rings. The maximum Gasteiger partial charge on any atom is 0.287 e. The van der Waals surface area contributed by atoms with Gasteiger partial charge >= 0.3 is 0 Å². The lowest BCUT2D eigenvalue weighted by molar-refractivity contribution is -0.00370. The van der Waals surface area contributed by atoms with Gasteiger partial charge in [-0.05, 0) is 64.1 Å². The van der Waals surface area contributed by atoms with Crippen molar-refractivity contribution in [1.82, 2.24) is 9.54 Å². The predicted molar refractivity (Wildman–Crippen MR) is 101 cm³/mol. The van der Waals surface area contributed by atoms with Gasteiger partial charge in [-0.1, -0.05) is 29.3 Å². The fraction of sp³-hybridized carbons (Fsp3) is 0.263. The third kappa shape index (κ3) is 4.53. The van der Waals surface area contributed by atoms with Crippen LogP contribution in [0, 0.1) is 6.92 Å². The molecule has 0 fully saturated rings. The smallest absolute Gasteiger partial charge is 0.267 e. The quantitative estimate of drug-likeness (QED) is 0.538. The normalized spacial score (nSPS) is 11.1. The third-order valence-corrected chi connectivity index (χ3v) is 4.12. The van der Waals surface area contributed by atoms with E-state index in [1.165, 1.54) is 5.01 Å². The van der Waals surface area contributed by atoms with Crippen LogP contribution in [0.3, 0.4) is 0 Å².